The number of aliphatic imine (C=N–C) groups is 2. The monoisotopic (exact) mass is 1940 g/mol. The summed E-state index contributed by atoms with van der Waals surface area (Å²) < 4.78 is 168. The Labute approximate surface area is 791 Å². The molecule has 15 rings (SSSR count). The Hall–Kier alpha value is -15.5. The molecule has 2 aliphatic rings. The molecule has 2 aliphatic heterocycles. The van der Waals surface area contributed by atoms with Crippen molar-refractivity contribution in [3.05, 3.63) is 375 Å². The molecule has 5 amide bonds. The number of ketones is 2. The predicted molar refractivity (Wildman–Crippen MR) is 482 cm³/mol. The van der Waals surface area contributed by atoms with Crippen molar-refractivity contribution in [1.29, 1.82) is 5.26 Å². The molecule has 0 aliphatic carbocycles. The number of nitrogen functional groups attached to an aromatic ring is 2. The van der Waals surface area contributed by atoms with Crippen molar-refractivity contribution in [3.8, 4) is 6.07 Å². The molecule has 0 radical (unpaired) electrons. The van der Waals surface area contributed by atoms with E-state index in [-0.39, 0.29) is 91.6 Å². The Morgan fingerprint density at radius 2 is 0.941 bits per heavy atom. The van der Waals surface area contributed by atoms with Gasteiger partial charge in [0, 0.05) is 59.9 Å². The maximum Gasteiger partial charge on any atom is 1.00 e. The molecule has 0 fully saturated rings. The standard InChI is InChI=1S/C24H19F3N4O3.C23H17F3N4O3.C17H16N4O3.C13H9F3N2O.C7H6N2.C6H3BrF3N.C4H9.CH4.Li/c1-31-19-10-6-5-9-17(19)20(18-12-11-16(13-28-18)24(25,26)27)29-21(22(31)32)30-23(33)34-14-15-7-3-2-4-8-15;24-23(25,26)15-10-11-18(27-12-15)19-16-8-4-5-9-17(16)28-21(31)20(29-19)30-22(32)33-13-14-6-2-1-3-7-14;1-12(22)16(21-15-10-6-5-9-14(15)19-20-21)18-17(23)24-11-13-7-3-2-4-8-13;14-13(15,16)8-5-6-11(18-7-8)12(19)9-3-1-2-4-10(9)17;8-5-6-3-1-2-4-7(6)9;7-5-2-1-4(3-11-5)6(8,9)10;1-3-4-2;;/h2-13,21H,14H2,1H3,(H,30,33);1-12,20H,13H2,(H,28,31)(H,30,32);2-10,16H,11H2,1H3,(H,18,23);1-7H,17H2;1-4H,9H2;1-3H;1,3-4H2,2H3;1H4;/q;;;;;;-1;;+1. The van der Waals surface area contributed by atoms with Crippen LogP contribution in [0.1, 0.15) is 123 Å². The summed E-state index contributed by atoms with van der Waals surface area (Å²) >= 11 is 2.93. The number of amides is 5. The van der Waals surface area contributed by atoms with Gasteiger partial charge in [-0.2, -0.15) is 64.4 Å². The van der Waals surface area contributed by atoms with E-state index >= 15 is 0 Å². The number of carbonyl (C=O) groups excluding carboxylic acids is 7. The first-order valence-corrected chi connectivity index (χ1v) is 40.5. The average Bonchev–Trinajstić information content (AvgIpc) is 1.62. The molecule has 3 atom stereocenters. The van der Waals surface area contributed by atoms with Gasteiger partial charge in [-0.1, -0.05) is 190 Å². The number of alkyl carbamates (subject to hydrolysis) is 3. The second-order valence-corrected chi connectivity index (χ2v) is 28.8. The van der Waals surface area contributed by atoms with Crippen molar-refractivity contribution < 1.29 is 119 Å². The van der Waals surface area contributed by atoms with Gasteiger partial charge in [0.15, 0.2) is 11.9 Å². The van der Waals surface area contributed by atoms with Crippen LogP contribution in [-0.4, -0.2) is 107 Å². The smallest absolute Gasteiger partial charge is 0.445 e. The number of anilines is 4. The zero-order valence-electron chi connectivity index (χ0n) is 71.7. The summed E-state index contributed by atoms with van der Waals surface area (Å²) in [5, 5.41) is 26.3. The number of halogens is 13. The third-order valence-electron chi connectivity index (χ3n) is 18.4. The molecule has 700 valence electrons. The molecule has 0 spiro atoms. The van der Waals surface area contributed by atoms with Crippen LogP contribution in [0.4, 0.5) is 89.8 Å². The number of carbonyl (C=O) groups is 7. The summed E-state index contributed by atoms with van der Waals surface area (Å²) in [6.07, 6.45) is -19.0. The summed E-state index contributed by atoms with van der Waals surface area (Å²) in [4.78, 5) is 111. The van der Waals surface area contributed by atoms with Crippen LogP contribution in [0.3, 0.4) is 0 Å². The van der Waals surface area contributed by atoms with Crippen LogP contribution in [0.15, 0.2) is 300 Å². The van der Waals surface area contributed by atoms with Crippen molar-refractivity contribution >= 4 is 103 Å². The summed E-state index contributed by atoms with van der Waals surface area (Å²) in [6, 6.07) is 71.3. The number of ether oxygens (including phenoxy) is 3. The van der Waals surface area contributed by atoms with E-state index in [9.17, 15) is 86.2 Å². The third-order valence-corrected chi connectivity index (χ3v) is 18.9. The zero-order chi connectivity index (χ0) is 97.3. The number of benzene rings is 8. The number of likely N-dealkylation sites (N-methyl/N-ethyl adjacent to an activating group) is 1. The number of unbranched alkanes of at least 4 members (excludes halogenated alkanes) is 1. The number of alkyl halides is 12. The van der Waals surface area contributed by atoms with Gasteiger partial charge in [-0.25, -0.2) is 34.0 Å². The number of aromatic nitrogens is 7. The summed E-state index contributed by atoms with van der Waals surface area (Å²) in [5.41, 5.74) is 15.0. The van der Waals surface area contributed by atoms with Crippen LogP contribution in [-0.2, 0) is 73.1 Å². The minimum absolute atomic E-state index is 0. The number of fused-ring (bicyclic) bond motifs is 3. The topological polar surface area (TPSA) is 381 Å². The maximum atomic E-state index is 13.1. The fourth-order valence-corrected chi connectivity index (χ4v) is 11.7. The Morgan fingerprint density at radius 3 is 1.40 bits per heavy atom. The first-order chi connectivity index (χ1) is 63.8. The number of hydrogen-bond acceptors (Lipinski definition) is 21. The number of benzodiazepines with no additional fused rings is 2. The summed E-state index contributed by atoms with van der Waals surface area (Å²) in [7, 11) is 1.52. The van der Waals surface area contributed by atoms with Crippen molar-refractivity contribution in [3.63, 3.8) is 0 Å². The van der Waals surface area contributed by atoms with E-state index in [0.29, 0.717) is 68.0 Å². The largest absolute Gasteiger partial charge is 1.00 e. The van der Waals surface area contributed by atoms with E-state index in [1.807, 2.05) is 60.7 Å². The van der Waals surface area contributed by atoms with Crippen LogP contribution < -0.4 is 56.5 Å². The Bertz CT molecular complexity index is 6270. The van der Waals surface area contributed by atoms with Crippen molar-refractivity contribution in [1.82, 2.24) is 50.9 Å². The second-order valence-electron chi connectivity index (χ2n) is 28.0. The van der Waals surface area contributed by atoms with E-state index < -0.39 is 101 Å². The molecular formula is C95H83BrF12LiN17O10. The van der Waals surface area contributed by atoms with Crippen LogP contribution in [0.5, 0.6) is 0 Å². The van der Waals surface area contributed by atoms with E-state index in [1.54, 1.807) is 146 Å². The van der Waals surface area contributed by atoms with Gasteiger partial charge in [0.2, 0.25) is 18.1 Å². The number of rotatable bonds is 16. The van der Waals surface area contributed by atoms with E-state index in [0.717, 1.165) is 59.6 Å². The van der Waals surface area contributed by atoms with Crippen LogP contribution >= 0.6 is 15.9 Å². The van der Waals surface area contributed by atoms with Gasteiger partial charge in [-0.15, -0.1) is 5.10 Å². The summed E-state index contributed by atoms with van der Waals surface area (Å²) in [6.45, 7) is 7.19. The average molecular weight is 1940 g/mol. The molecular weight excluding hydrogens is 1850 g/mol. The predicted octanol–water partition coefficient (Wildman–Crippen LogP) is 16.9. The first kappa shape index (κ1) is 108. The number of nitrogens with one attached hydrogen (secondary N) is 4. The Kier molecular flexibility index (Phi) is 40.3. The molecule has 41 heteroatoms. The fraction of sp³-hybridized carbons (Fsp3) is 0.168. The molecule has 3 unspecified atom stereocenters. The second kappa shape index (κ2) is 51.0. The molecule has 0 bridgehead atoms. The third kappa shape index (κ3) is 31.9. The molecule has 5 aromatic heterocycles. The number of nitrogens with zero attached hydrogens (tertiary/aromatic N) is 11. The van der Waals surface area contributed by atoms with Crippen molar-refractivity contribution in [2.45, 2.75) is 97.1 Å². The molecule has 13 aromatic rings. The molecule has 0 saturated heterocycles. The molecule has 8 aromatic carbocycles. The molecule has 0 saturated carbocycles. The van der Waals surface area contributed by atoms with Crippen LogP contribution in [0, 0.1) is 18.3 Å². The number of Topliss-reactive ketones (excluding diaryl/α,β-unsaturated/α-hetero) is 1. The van der Waals surface area contributed by atoms with Gasteiger partial charge in [-0.3, -0.25) is 50.1 Å². The Morgan fingerprint density at radius 1 is 0.522 bits per heavy atom. The van der Waals surface area contributed by atoms with Crippen LogP contribution in [0.2, 0.25) is 0 Å². The van der Waals surface area contributed by atoms with Gasteiger partial charge in [0.05, 0.1) is 67.5 Å². The van der Waals surface area contributed by atoms with E-state index in [4.69, 9.17) is 30.9 Å². The number of nitriles is 1. The van der Waals surface area contributed by atoms with Gasteiger partial charge < -0.3 is 42.8 Å². The number of pyridine rings is 4. The van der Waals surface area contributed by atoms with E-state index in [2.05, 4.69) is 91.3 Å². The molecule has 7 heterocycles. The fourth-order valence-electron chi connectivity index (χ4n) is 11.5. The van der Waals surface area contributed by atoms with E-state index in [1.165, 1.54) is 60.3 Å². The molecule has 136 heavy (non-hydrogen) atoms. The van der Waals surface area contributed by atoms with Gasteiger partial charge >= 0.3 is 61.8 Å². The Balaban J connectivity index is 0.000000230. The van der Waals surface area contributed by atoms with Crippen molar-refractivity contribution in [2.75, 3.05) is 28.7 Å². The summed E-state index contributed by atoms with van der Waals surface area (Å²) in [5.74, 6) is -1.97. The first-order valence-electron chi connectivity index (χ1n) is 39.7. The van der Waals surface area contributed by atoms with Gasteiger partial charge in [0.1, 0.15) is 41.7 Å². The van der Waals surface area contributed by atoms with Gasteiger partial charge in [-0.05, 0) is 137 Å². The quantitative estimate of drug-likeness (QED) is 0.00995. The van der Waals surface area contributed by atoms with Crippen molar-refractivity contribution in [2.24, 2.45) is 9.98 Å². The normalized spacial score (nSPS) is 13.1. The molecule has 8 N–H and O–H groups in total. The molecule has 27 nitrogen and oxygen atoms in total. The number of nitrogens with two attached hydrogens (primary N) is 2. The number of hydrogen-bond donors (Lipinski definition) is 6. The maximum absolute atomic E-state index is 13.1. The van der Waals surface area contributed by atoms with Crippen LogP contribution in [0.25, 0.3) is 11.0 Å². The minimum Gasteiger partial charge on any atom is -0.445 e. The SMILES string of the molecule is C.CC(=O)C(NC(=O)OCc1ccccc1)n1nnc2ccccc21.CN1C(=O)C(NC(=O)OCc2ccccc2)N=C(c2ccc(C(F)(F)F)cn2)c2ccccc21.FC(F)(F)c1ccc(Br)nc1.N#Cc1ccccc1N.Nc1ccccc1C(=O)c1ccc(C(F)(F)F)cn1.O=C(NC1N=C(c2ccc(C(F)(F)F)cn2)c2ccccc2NC1=O)OCc1ccccc1.[CH2-]CCC.[Li+]. The zero-order valence-corrected chi connectivity index (χ0v) is 73.3. The minimum atomic E-state index is -4.54. The number of para-hydroxylation sites is 5. The van der Waals surface area contributed by atoms with Gasteiger partial charge in [0.25, 0.3) is 11.8 Å².